The molecule has 3 aromatic rings. The Kier molecular flexibility index (Phi) is 7.87. The quantitative estimate of drug-likeness (QED) is 0.351. The van der Waals surface area contributed by atoms with Crippen molar-refractivity contribution in [3.8, 4) is 11.5 Å². The number of hydrogen-bond donors (Lipinski definition) is 2. The lowest BCUT2D eigenvalue weighted by atomic mass is 10.00. The molecule has 0 bridgehead atoms. The maximum absolute atomic E-state index is 14.8. The molecule has 37 heavy (non-hydrogen) atoms. The Morgan fingerprint density at radius 2 is 1.65 bits per heavy atom. The van der Waals surface area contributed by atoms with Gasteiger partial charge in [-0.3, -0.25) is 4.79 Å². The molecule has 0 unspecified atom stereocenters. The van der Waals surface area contributed by atoms with Gasteiger partial charge in [0.2, 0.25) is 0 Å². The molecule has 6 nitrogen and oxygen atoms in total. The number of aryl methyl sites for hydroxylation is 1. The predicted molar refractivity (Wildman–Crippen MR) is 126 cm³/mol. The fourth-order valence-corrected chi connectivity index (χ4v) is 3.60. The minimum absolute atomic E-state index is 0.0224. The summed E-state index contributed by atoms with van der Waals surface area (Å²) in [7, 11) is 3.29. The van der Waals surface area contributed by atoms with E-state index in [1.807, 2.05) is 0 Å². The number of benzene rings is 3. The number of anilines is 1. The Labute approximate surface area is 209 Å². The fourth-order valence-electron chi connectivity index (χ4n) is 3.60. The maximum Gasteiger partial charge on any atom is 0.416 e. The molecule has 0 aliphatic carbocycles. The number of carbonyl (C=O) groups is 2. The molecule has 0 saturated carbocycles. The van der Waals surface area contributed by atoms with Gasteiger partial charge in [0.15, 0.2) is 0 Å². The first-order valence-electron chi connectivity index (χ1n) is 10.9. The van der Waals surface area contributed by atoms with Crippen LogP contribution in [0.15, 0.2) is 42.5 Å². The number of aromatic carboxylic acids is 1. The van der Waals surface area contributed by atoms with Gasteiger partial charge in [0.25, 0.3) is 5.91 Å². The number of ether oxygens (including phenoxy) is 1. The number of carboxylic acid groups (broad SMARTS) is 1. The molecular formula is C26H23F5N2O4. The van der Waals surface area contributed by atoms with Crippen LogP contribution >= 0.6 is 0 Å². The summed E-state index contributed by atoms with van der Waals surface area (Å²) >= 11 is 0. The lowest BCUT2D eigenvalue weighted by Crippen LogP contribution is -2.19. The lowest BCUT2D eigenvalue weighted by molar-refractivity contribution is -0.137. The number of halogens is 5. The van der Waals surface area contributed by atoms with Crippen LogP contribution in [0.4, 0.5) is 27.6 Å². The summed E-state index contributed by atoms with van der Waals surface area (Å²) < 4.78 is 74.0. The van der Waals surface area contributed by atoms with Crippen molar-refractivity contribution in [1.29, 1.82) is 0 Å². The molecule has 3 aromatic carbocycles. The molecule has 1 amide bonds. The van der Waals surface area contributed by atoms with Crippen molar-refractivity contribution >= 4 is 17.6 Å². The van der Waals surface area contributed by atoms with Crippen molar-refractivity contribution in [3.63, 3.8) is 0 Å². The molecule has 11 heteroatoms. The minimum Gasteiger partial charge on any atom is -0.478 e. The highest BCUT2D eigenvalue weighted by Gasteiger charge is 2.32. The van der Waals surface area contributed by atoms with E-state index in [9.17, 15) is 36.6 Å². The number of nitrogens with one attached hydrogen (secondary N) is 1. The Hall–Kier alpha value is -3.99. The fraction of sp³-hybridized carbons (Fsp3) is 0.231. The van der Waals surface area contributed by atoms with Crippen molar-refractivity contribution in [2.24, 2.45) is 0 Å². The zero-order valence-electron chi connectivity index (χ0n) is 20.3. The van der Waals surface area contributed by atoms with Crippen molar-refractivity contribution in [2.45, 2.75) is 26.6 Å². The second-order valence-corrected chi connectivity index (χ2v) is 8.61. The molecule has 0 aromatic heterocycles. The van der Waals surface area contributed by atoms with Gasteiger partial charge in [-0.1, -0.05) is 0 Å². The van der Waals surface area contributed by atoms with Crippen LogP contribution in [0.3, 0.4) is 0 Å². The third-order valence-electron chi connectivity index (χ3n) is 5.51. The lowest BCUT2D eigenvalue weighted by Gasteiger charge is -2.19. The molecule has 3 rings (SSSR count). The van der Waals surface area contributed by atoms with E-state index in [0.29, 0.717) is 12.1 Å². The van der Waals surface area contributed by atoms with Crippen LogP contribution in [0.1, 0.15) is 43.0 Å². The third-order valence-corrected chi connectivity index (χ3v) is 5.51. The third kappa shape index (κ3) is 6.23. The monoisotopic (exact) mass is 522 g/mol. The van der Waals surface area contributed by atoms with Gasteiger partial charge in [-0.15, -0.1) is 0 Å². The molecule has 0 heterocycles. The maximum atomic E-state index is 14.8. The number of carboxylic acids is 1. The average molecular weight is 522 g/mol. The summed E-state index contributed by atoms with van der Waals surface area (Å²) in [6.45, 7) is 2.99. The molecule has 0 aliphatic heterocycles. The molecule has 0 fully saturated rings. The van der Waals surface area contributed by atoms with Gasteiger partial charge >= 0.3 is 12.1 Å². The Morgan fingerprint density at radius 3 is 2.22 bits per heavy atom. The van der Waals surface area contributed by atoms with E-state index in [1.165, 1.54) is 19.9 Å². The van der Waals surface area contributed by atoms with E-state index in [2.05, 4.69) is 5.32 Å². The molecule has 196 valence electrons. The highest BCUT2D eigenvalue weighted by Crippen LogP contribution is 2.36. The van der Waals surface area contributed by atoms with E-state index in [1.54, 1.807) is 19.0 Å². The molecule has 0 aliphatic rings. The number of nitrogens with zero attached hydrogens (tertiary/aromatic N) is 1. The van der Waals surface area contributed by atoms with Crippen LogP contribution in [0.25, 0.3) is 0 Å². The van der Waals surface area contributed by atoms with Crippen molar-refractivity contribution in [1.82, 2.24) is 4.90 Å². The van der Waals surface area contributed by atoms with Gasteiger partial charge in [0.1, 0.15) is 23.1 Å². The summed E-state index contributed by atoms with van der Waals surface area (Å²) in [6.07, 6.45) is -4.74. The number of rotatable bonds is 7. The Balaban J connectivity index is 2.09. The molecule has 0 atom stereocenters. The molecule has 0 spiro atoms. The van der Waals surface area contributed by atoms with E-state index in [-0.39, 0.29) is 40.2 Å². The van der Waals surface area contributed by atoms with E-state index in [4.69, 9.17) is 4.74 Å². The summed E-state index contributed by atoms with van der Waals surface area (Å²) in [5.74, 6) is -4.46. The van der Waals surface area contributed by atoms with Crippen LogP contribution in [-0.2, 0) is 12.7 Å². The van der Waals surface area contributed by atoms with Crippen LogP contribution in [0.2, 0.25) is 0 Å². The Bertz CT molecular complexity index is 1370. The standard InChI is InChI=1S/C26H23F5N2O4/c1-13-9-16(27)6-8-21(13)37-22-10-15(26(29,30)31)5-7-17(22)24(34)32-20-11-18(25(35)36)23(28)19(14(20)2)12-33(3)4/h5-11H,12H2,1-4H3,(H,32,34)(H,35,36). The number of alkyl halides is 3. The van der Waals surface area contributed by atoms with E-state index >= 15 is 0 Å². The van der Waals surface area contributed by atoms with Crippen LogP contribution in [0, 0.1) is 25.5 Å². The highest BCUT2D eigenvalue weighted by atomic mass is 19.4. The van der Waals surface area contributed by atoms with Crippen LogP contribution in [-0.4, -0.2) is 36.0 Å². The smallest absolute Gasteiger partial charge is 0.416 e. The van der Waals surface area contributed by atoms with Gasteiger partial charge < -0.3 is 20.1 Å². The summed E-state index contributed by atoms with van der Waals surface area (Å²) in [4.78, 5) is 26.4. The normalized spacial score (nSPS) is 11.5. The summed E-state index contributed by atoms with van der Waals surface area (Å²) in [5, 5.41) is 11.9. The number of amides is 1. The van der Waals surface area contributed by atoms with E-state index < -0.39 is 46.6 Å². The zero-order chi connectivity index (χ0) is 27.7. The molecule has 2 N–H and O–H groups in total. The summed E-state index contributed by atoms with van der Waals surface area (Å²) in [6, 6.07) is 6.56. The first-order valence-corrected chi connectivity index (χ1v) is 10.9. The number of carbonyl (C=O) groups excluding carboxylic acids is 1. The second kappa shape index (κ2) is 10.6. The first-order chi connectivity index (χ1) is 17.2. The molecule has 0 radical (unpaired) electrons. The van der Waals surface area contributed by atoms with Crippen molar-refractivity contribution in [2.75, 3.05) is 19.4 Å². The predicted octanol–water partition coefficient (Wildman–Crippen LogP) is 6.40. The zero-order valence-corrected chi connectivity index (χ0v) is 20.3. The highest BCUT2D eigenvalue weighted by molar-refractivity contribution is 6.07. The summed E-state index contributed by atoms with van der Waals surface area (Å²) in [5.41, 5.74) is -1.56. The second-order valence-electron chi connectivity index (χ2n) is 8.61. The van der Waals surface area contributed by atoms with Gasteiger partial charge in [0, 0.05) is 17.8 Å². The minimum atomic E-state index is -4.74. The SMILES string of the molecule is Cc1cc(F)ccc1Oc1cc(C(F)(F)F)ccc1C(=O)Nc1cc(C(=O)O)c(F)c(CN(C)C)c1C. The average Bonchev–Trinajstić information content (AvgIpc) is 2.79. The van der Waals surface area contributed by atoms with Crippen LogP contribution < -0.4 is 10.1 Å². The van der Waals surface area contributed by atoms with E-state index in [0.717, 1.165) is 24.3 Å². The van der Waals surface area contributed by atoms with Crippen molar-refractivity contribution in [3.05, 3.63) is 87.5 Å². The number of hydrogen-bond acceptors (Lipinski definition) is 4. The Morgan fingerprint density at radius 1 is 0.973 bits per heavy atom. The topological polar surface area (TPSA) is 78.9 Å². The van der Waals surface area contributed by atoms with Crippen LogP contribution in [0.5, 0.6) is 11.5 Å². The van der Waals surface area contributed by atoms with Gasteiger partial charge in [0.05, 0.1) is 16.7 Å². The first kappa shape index (κ1) is 27.6. The van der Waals surface area contributed by atoms with Gasteiger partial charge in [-0.2, -0.15) is 13.2 Å². The molecule has 0 saturated heterocycles. The van der Waals surface area contributed by atoms with Crippen molar-refractivity contribution < 1.29 is 41.4 Å². The van der Waals surface area contributed by atoms with Gasteiger partial charge in [-0.05, 0) is 81.5 Å². The molecular weight excluding hydrogens is 499 g/mol. The van der Waals surface area contributed by atoms with Gasteiger partial charge in [-0.25, -0.2) is 13.6 Å². The largest absolute Gasteiger partial charge is 0.478 e.